The van der Waals surface area contributed by atoms with E-state index in [1.54, 1.807) is 17.0 Å². The first-order valence-corrected chi connectivity index (χ1v) is 9.57. The van der Waals surface area contributed by atoms with E-state index >= 15 is 0 Å². The molecule has 1 aliphatic heterocycles. The van der Waals surface area contributed by atoms with Crippen LogP contribution in [0.4, 0.5) is 20.6 Å². The zero-order chi connectivity index (χ0) is 20.1. The smallest absolute Gasteiger partial charge is 0.321 e. The summed E-state index contributed by atoms with van der Waals surface area (Å²) in [6, 6.07) is 23.3. The highest BCUT2D eigenvalue weighted by atomic mass is 19.1. The molecule has 1 aliphatic rings. The van der Waals surface area contributed by atoms with Crippen LogP contribution in [0.5, 0.6) is 11.5 Å². The Bertz CT molecular complexity index is 938. The van der Waals surface area contributed by atoms with Gasteiger partial charge in [-0.15, -0.1) is 0 Å². The minimum absolute atomic E-state index is 0.164. The number of ether oxygens (including phenoxy) is 1. The maximum absolute atomic E-state index is 13.0. The zero-order valence-electron chi connectivity index (χ0n) is 15.9. The number of carbonyl (C=O) groups is 1. The van der Waals surface area contributed by atoms with Gasteiger partial charge in [0.1, 0.15) is 17.3 Å². The Morgan fingerprint density at radius 3 is 2.07 bits per heavy atom. The molecule has 0 radical (unpaired) electrons. The number of urea groups is 1. The molecule has 3 aromatic carbocycles. The van der Waals surface area contributed by atoms with Gasteiger partial charge in [0.15, 0.2) is 0 Å². The van der Waals surface area contributed by atoms with Crippen molar-refractivity contribution >= 4 is 17.4 Å². The molecule has 1 heterocycles. The number of rotatable bonds is 4. The Labute approximate surface area is 169 Å². The van der Waals surface area contributed by atoms with Crippen molar-refractivity contribution in [2.75, 3.05) is 36.4 Å². The fraction of sp³-hybridized carbons (Fsp3) is 0.174. The van der Waals surface area contributed by atoms with E-state index in [1.165, 1.54) is 12.1 Å². The van der Waals surface area contributed by atoms with Crippen LogP contribution in [-0.4, -0.2) is 37.1 Å². The highest BCUT2D eigenvalue weighted by Gasteiger charge is 2.21. The van der Waals surface area contributed by atoms with Crippen molar-refractivity contribution in [1.82, 2.24) is 4.90 Å². The van der Waals surface area contributed by atoms with Gasteiger partial charge >= 0.3 is 6.03 Å². The lowest BCUT2D eigenvalue weighted by atomic mass is 10.2. The number of hydrogen-bond donors (Lipinski definition) is 1. The van der Waals surface area contributed by atoms with Gasteiger partial charge in [-0.1, -0.05) is 18.2 Å². The predicted molar refractivity (Wildman–Crippen MR) is 112 cm³/mol. The van der Waals surface area contributed by atoms with Crippen molar-refractivity contribution in [2.45, 2.75) is 0 Å². The molecule has 0 bridgehead atoms. The van der Waals surface area contributed by atoms with Gasteiger partial charge in [0.2, 0.25) is 0 Å². The molecule has 6 heteroatoms. The van der Waals surface area contributed by atoms with E-state index in [-0.39, 0.29) is 11.8 Å². The normalized spacial score (nSPS) is 13.8. The molecule has 5 nitrogen and oxygen atoms in total. The third kappa shape index (κ3) is 4.85. The van der Waals surface area contributed by atoms with Gasteiger partial charge in [-0.25, -0.2) is 9.18 Å². The van der Waals surface area contributed by atoms with Crippen molar-refractivity contribution in [1.29, 1.82) is 0 Å². The first kappa shape index (κ1) is 18.8. The zero-order valence-corrected chi connectivity index (χ0v) is 15.9. The average Bonchev–Trinajstić information content (AvgIpc) is 2.77. The lowest BCUT2D eigenvalue weighted by Crippen LogP contribution is -2.50. The average molecular weight is 391 g/mol. The number of anilines is 2. The number of carbonyl (C=O) groups excluding carboxylic acids is 1. The molecule has 1 fully saturated rings. The first-order valence-electron chi connectivity index (χ1n) is 9.57. The van der Waals surface area contributed by atoms with E-state index in [9.17, 15) is 9.18 Å². The molecule has 0 saturated carbocycles. The Hall–Kier alpha value is -3.54. The van der Waals surface area contributed by atoms with Gasteiger partial charge in [-0.3, -0.25) is 0 Å². The number of para-hydroxylation sites is 1. The van der Waals surface area contributed by atoms with Crippen LogP contribution in [0.25, 0.3) is 0 Å². The maximum Gasteiger partial charge on any atom is 0.321 e. The van der Waals surface area contributed by atoms with Gasteiger partial charge in [0, 0.05) is 37.6 Å². The second kappa shape index (κ2) is 8.65. The monoisotopic (exact) mass is 391 g/mol. The number of halogens is 1. The van der Waals surface area contributed by atoms with Crippen LogP contribution >= 0.6 is 0 Å². The van der Waals surface area contributed by atoms with Crippen LogP contribution in [-0.2, 0) is 0 Å². The third-order valence-corrected chi connectivity index (χ3v) is 4.84. The summed E-state index contributed by atoms with van der Waals surface area (Å²) in [6.45, 7) is 2.73. The SMILES string of the molecule is O=C(Nc1ccc(F)cc1)N1CCN(c2ccc(Oc3ccccc3)cc2)CC1. The lowest BCUT2D eigenvalue weighted by Gasteiger charge is -2.36. The highest BCUT2D eigenvalue weighted by molar-refractivity contribution is 5.89. The molecule has 1 N–H and O–H groups in total. The molecule has 0 aliphatic carbocycles. The van der Waals surface area contributed by atoms with Gasteiger partial charge in [-0.05, 0) is 60.7 Å². The lowest BCUT2D eigenvalue weighted by molar-refractivity contribution is 0.208. The Morgan fingerprint density at radius 1 is 0.793 bits per heavy atom. The van der Waals surface area contributed by atoms with E-state index in [1.807, 2.05) is 54.6 Å². The largest absolute Gasteiger partial charge is 0.457 e. The fourth-order valence-corrected chi connectivity index (χ4v) is 3.25. The highest BCUT2D eigenvalue weighted by Crippen LogP contribution is 2.25. The first-order chi connectivity index (χ1) is 14.2. The van der Waals surface area contributed by atoms with Crippen molar-refractivity contribution in [3.8, 4) is 11.5 Å². The van der Waals surface area contributed by atoms with Crippen LogP contribution in [0, 0.1) is 5.82 Å². The summed E-state index contributed by atoms with van der Waals surface area (Å²) >= 11 is 0. The molecule has 0 unspecified atom stereocenters. The standard InChI is InChI=1S/C23H22FN3O2/c24-18-6-8-19(9-7-18)25-23(28)27-16-14-26(15-17-27)20-10-12-22(13-11-20)29-21-4-2-1-3-5-21/h1-13H,14-17H2,(H,25,28). The summed E-state index contributed by atoms with van der Waals surface area (Å²) in [7, 11) is 0. The number of nitrogens with zero attached hydrogens (tertiary/aromatic N) is 2. The number of nitrogens with one attached hydrogen (secondary N) is 1. The molecule has 3 aromatic rings. The number of benzene rings is 3. The topological polar surface area (TPSA) is 44.8 Å². The van der Waals surface area contributed by atoms with Gasteiger partial charge in [0.25, 0.3) is 0 Å². The van der Waals surface area contributed by atoms with Gasteiger partial charge < -0.3 is 19.9 Å². The number of amides is 2. The predicted octanol–water partition coefficient (Wildman–Crippen LogP) is 4.97. The third-order valence-electron chi connectivity index (χ3n) is 4.84. The second-order valence-corrected chi connectivity index (χ2v) is 6.82. The van der Waals surface area contributed by atoms with Gasteiger partial charge in [-0.2, -0.15) is 0 Å². The molecule has 0 atom stereocenters. The summed E-state index contributed by atoms with van der Waals surface area (Å²) in [6.07, 6.45) is 0. The van der Waals surface area contributed by atoms with Crippen molar-refractivity contribution in [3.63, 3.8) is 0 Å². The van der Waals surface area contributed by atoms with E-state index < -0.39 is 0 Å². The van der Waals surface area contributed by atoms with E-state index in [2.05, 4.69) is 10.2 Å². The summed E-state index contributed by atoms with van der Waals surface area (Å²) in [5, 5.41) is 2.81. The van der Waals surface area contributed by atoms with Crippen LogP contribution in [0.2, 0.25) is 0 Å². The molecule has 0 spiro atoms. The molecule has 29 heavy (non-hydrogen) atoms. The second-order valence-electron chi connectivity index (χ2n) is 6.82. The maximum atomic E-state index is 13.0. The van der Waals surface area contributed by atoms with Crippen LogP contribution < -0.4 is 15.0 Å². The Balaban J connectivity index is 1.30. The number of hydrogen-bond acceptors (Lipinski definition) is 3. The Kier molecular flexibility index (Phi) is 5.61. The Morgan fingerprint density at radius 2 is 1.41 bits per heavy atom. The van der Waals surface area contributed by atoms with Crippen LogP contribution in [0.15, 0.2) is 78.9 Å². The summed E-state index contributed by atoms with van der Waals surface area (Å²) in [4.78, 5) is 16.4. The van der Waals surface area contributed by atoms with Crippen LogP contribution in [0.1, 0.15) is 0 Å². The van der Waals surface area contributed by atoms with E-state index in [4.69, 9.17) is 4.74 Å². The minimum Gasteiger partial charge on any atom is -0.457 e. The minimum atomic E-state index is -0.322. The molecule has 2 amide bonds. The van der Waals surface area contributed by atoms with Crippen molar-refractivity contribution in [2.24, 2.45) is 0 Å². The quantitative estimate of drug-likeness (QED) is 0.683. The molecule has 1 saturated heterocycles. The summed E-state index contributed by atoms with van der Waals surface area (Å²) in [5.74, 6) is 1.27. The molecule has 148 valence electrons. The molecule has 4 rings (SSSR count). The molecular formula is C23H22FN3O2. The van der Waals surface area contributed by atoms with E-state index in [0.717, 1.165) is 30.3 Å². The van der Waals surface area contributed by atoms with Crippen LogP contribution in [0.3, 0.4) is 0 Å². The fourth-order valence-electron chi connectivity index (χ4n) is 3.25. The molecular weight excluding hydrogens is 369 g/mol. The van der Waals surface area contributed by atoms with Crippen molar-refractivity contribution in [3.05, 3.63) is 84.7 Å². The van der Waals surface area contributed by atoms with Gasteiger partial charge in [0.05, 0.1) is 0 Å². The van der Waals surface area contributed by atoms with Crippen molar-refractivity contribution < 1.29 is 13.9 Å². The van der Waals surface area contributed by atoms with E-state index in [0.29, 0.717) is 18.8 Å². The summed E-state index contributed by atoms with van der Waals surface area (Å²) in [5.41, 5.74) is 1.69. The summed E-state index contributed by atoms with van der Waals surface area (Å²) < 4.78 is 18.8. The number of piperazine rings is 1. The molecule has 0 aromatic heterocycles.